The fourth-order valence-electron chi connectivity index (χ4n) is 9.95. The van der Waals surface area contributed by atoms with E-state index in [4.69, 9.17) is 18.9 Å². The Balaban J connectivity index is 1.20. The number of alkyl carbamates (subject to hydrolysis) is 1. The van der Waals surface area contributed by atoms with Crippen LogP contribution in [0.15, 0.2) is 30.5 Å². The molecule has 61 heavy (non-hydrogen) atoms. The molecule has 2 aromatic carbocycles. The van der Waals surface area contributed by atoms with E-state index in [-0.39, 0.29) is 116 Å². The number of amides is 2. The molecule has 19 heteroatoms. The zero-order chi connectivity index (χ0) is 42.8. The second-order valence-electron chi connectivity index (χ2n) is 17.2. The van der Waals surface area contributed by atoms with Crippen molar-refractivity contribution in [3.63, 3.8) is 0 Å². The summed E-state index contributed by atoms with van der Waals surface area (Å²) in [5, 5.41) is 3.34. The molecule has 10 rings (SSSR count). The number of likely N-dealkylation sites (tertiary alicyclic amines) is 1. The largest absolute Gasteiger partial charge is 0.461 e. The van der Waals surface area contributed by atoms with Gasteiger partial charge < -0.3 is 29.2 Å². The van der Waals surface area contributed by atoms with Gasteiger partial charge in [-0.1, -0.05) is 6.07 Å². The minimum atomic E-state index is -3.24. The summed E-state index contributed by atoms with van der Waals surface area (Å²) in [5.41, 5.74) is -2.31. The number of carbonyl (C=O) groups excluding carboxylic acids is 2. The third-order valence-corrected chi connectivity index (χ3v) is 12.6. The summed E-state index contributed by atoms with van der Waals surface area (Å²) in [7, 11) is 1.27. The molecule has 0 spiro atoms. The van der Waals surface area contributed by atoms with Gasteiger partial charge >= 0.3 is 18.2 Å². The van der Waals surface area contributed by atoms with Gasteiger partial charge in [-0.25, -0.2) is 35.9 Å². The van der Waals surface area contributed by atoms with Gasteiger partial charge in [0.25, 0.3) is 5.92 Å². The van der Waals surface area contributed by atoms with Crippen LogP contribution in [0.25, 0.3) is 32.9 Å². The van der Waals surface area contributed by atoms with E-state index in [9.17, 15) is 22.8 Å². The number of fused-ring (bicyclic) bond motifs is 7. The summed E-state index contributed by atoms with van der Waals surface area (Å²) in [5.74, 6) is -5.00. The molecule has 326 valence electrons. The normalized spacial score (nSPS) is 27.9. The second kappa shape index (κ2) is 15.6. The van der Waals surface area contributed by atoms with Gasteiger partial charge in [0.15, 0.2) is 5.82 Å². The molecule has 1 N–H and O–H groups in total. The smallest absolute Gasteiger partial charge is 0.415 e. The zero-order valence-corrected chi connectivity index (χ0v) is 33.6. The number of rotatable bonds is 5. The lowest BCUT2D eigenvalue weighted by Gasteiger charge is -2.42. The summed E-state index contributed by atoms with van der Waals surface area (Å²) in [6.45, 7) is 1.23. The Morgan fingerprint density at radius 3 is 2.67 bits per heavy atom. The number of hydrogen-bond acceptors (Lipinski definition) is 11. The predicted octanol–water partition coefficient (Wildman–Crippen LogP) is 6.91. The van der Waals surface area contributed by atoms with Crippen LogP contribution in [-0.4, -0.2) is 132 Å². The molecule has 1 unspecified atom stereocenters. The minimum Gasteiger partial charge on any atom is -0.461 e. The number of nitrogens with zero attached hydrogens (tertiary/aromatic N) is 6. The number of piperidine rings is 2. The van der Waals surface area contributed by atoms with Crippen LogP contribution in [0.5, 0.6) is 11.8 Å². The highest BCUT2D eigenvalue weighted by atomic mass is 19.3. The van der Waals surface area contributed by atoms with Crippen LogP contribution in [0.2, 0.25) is 0 Å². The highest BCUT2D eigenvalue weighted by Gasteiger charge is 2.50. The second-order valence-corrected chi connectivity index (χ2v) is 17.2. The average molecular weight is 858 g/mol. The molecule has 0 aliphatic carbocycles. The molecule has 0 saturated carbocycles. The highest BCUT2D eigenvalue weighted by Crippen LogP contribution is 2.43. The van der Waals surface area contributed by atoms with Crippen molar-refractivity contribution in [2.24, 2.45) is 0 Å². The minimum absolute atomic E-state index is 0.000530. The van der Waals surface area contributed by atoms with Gasteiger partial charge in [-0.05, 0) is 73.7 Å². The first-order chi connectivity index (χ1) is 29.1. The van der Waals surface area contributed by atoms with E-state index in [2.05, 4.69) is 20.3 Å². The molecule has 6 aliphatic heterocycles. The number of anilines is 1. The average Bonchev–Trinajstić information content (AvgIpc) is 3.73. The number of nitrogens with one attached hydrogen (secondary N) is 1. The molecule has 6 bridgehead atoms. The number of halogens is 6. The van der Waals surface area contributed by atoms with Crippen molar-refractivity contribution in [3.8, 4) is 23.0 Å². The fourth-order valence-corrected chi connectivity index (χ4v) is 9.95. The maximum absolute atomic E-state index is 17.6. The molecular weight excluding hydrogens is 812 g/mol. The number of hydrogen-bond donors (Lipinski definition) is 1. The van der Waals surface area contributed by atoms with Crippen LogP contribution in [-0.2, 0) is 15.9 Å². The number of carbonyl (C=O) groups is 2. The third-order valence-electron chi connectivity index (χ3n) is 12.6. The van der Waals surface area contributed by atoms with Crippen molar-refractivity contribution >= 4 is 39.7 Å². The summed E-state index contributed by atoms with van der Waals surface area (Å²) < 4.78 is 116. The van der Waals surface area contributed by atoms with Crippen molar-refractivity contribution in [1.82, 2.24) is 30.1 Å². The van der Waals surface area contributed by atoms with E-state index >= 15 is 13.2 Å². The Morgan fingerprint density at radius 1 is 1.03 bits per heavy atom. The molecule has 4 fully saturated rings. The molecule has 6 aliphatic rings. The standard InChI is InChI=1S/C42H45F6N7O6/c1-40-13-24(43)17-53(20-40)36-30-16-49-34(33(46)35(30)50-37(51-36)60-22-41-8-4-9-55(41)18-25(44)14-41)29-12-26(61-39(57)54-19-27(58-2)15-42(47,48)21-54)11-23-6-7-31(45)28(32(23)29)5-3-10-59-38(56)52-40/h6-7,11-12,16,24-25,27H,3-5,8-10,13-15,17-22H2,1-2H3,(H,52,56)/t24-,25-,27?,40-,41+/m1/s1. The lowest BCUT2D eigenvalue weighted by molar-refractivity contribution is -0.108. The van der Waals surface area contributed by atoms with E-state index in [0.717, 1.165) is 11.3 Å². The zero-order valence-electron chi connectivity index (χ0n) is 33.6. The Labute approximate surface area is 346 Å². The first-order valence-electron chi connectivity index (χ1n) is 20.5. The van der Waals surface area contributed by atoms with Crippen molar-refractivity contribution in [2.45, 2.75) is 87.3 Å². The van der Waals surface area contributed by atoms with Crippen LogP contribution in [0.1, 0.15) is 51.0 Å². The van der Waals surface area contributed by atoms with Crippen molar-refractivity contribution < 1.29 is 54.9 Å². The van der Waals surface area contributed by atoms with E-state index in [0.29, 0.717) is 18.4 Å². The van der Waals surface area contributed by atoms with E-state index in [1.54, 1.807) is 11.8 Å². The molecule has 4 saturated heterocycles. The molecule has 8 heterocycles. The Kier molecular flexibility index (Phi) is 10.6. The van der Waals surface area contributed by atoms with E-state index < -0.39 is 72.2 Å². The van der Waals surface area contributed by atoms with Crippen LogP contribution in [0, 0.1) is 11.6 Å². The molecule has 13 nitrogen and oxygen atoms in total. The van der Waals surface area contributed by atoms with Gasteiger partial charge in [0.05, 0.1) is 48.8 Å². The number of aryl methyl sites for hydroxylation is 1. The van der Waals surface area contributed by atoms with Gasteiger partial charge in [-0.2, -0.15) is 9.97 Å². The monoisotopic (exact) mass is 857 g/mol. The van der Waals surface area contributed by atoms with Crippen molar-refractivity contribution in [3.05, 3.63) is 47.7 Å². The van der Waals surface area contributed by atoms with Crippen molar-refractivity contribution in [2.75, 3.05) is 64.5 Å². The summed E-state index contributed by atoms with van der Waals surface area (Å²) in [6.07, 6.45) is -2.84. The fraction of sp³-hybridized carbons (Fsp3) is 0.548. The van der Waals surface area contributed by atoms with Crippen LogP contribution >= 0.6 is 0 Å². The summed E-state index contributed by atoms with van der Waals surface area (Å²) >= 11 is 0. The molecule has 2 amide bonds. The third kappa shape index (κ3) is 7.94. The molecular formula is C42H45F6N7O6. The number of benzene rings is 2. The Bertz CT molecular complexity index is 2400. The Hall–Kier alpha value is -5.17. The molecule has 4 aromatic rings. The lowest BCUT2D eigenvalue weighted by atomic mass is 9.90. The van der Waals surface area contributed by atoms with Gasteiger partial charge in [0.1, 0.15) is 47.5 Å². The Morgan fingerprint density at radius 2 is 1.85 bits per heavy atom. The van der Waals surface area contributed by atoms with Crippen LogP contribution in [0.3, 0.4) is 0 Å². The van der Waals surface area contributed by atoms with Crippen LogP contribution < -0.4 is 19.7 Å². The maximum atomic E-state index is 17.6. The van der Waals surface area contributed by atoms with Gasteiger partial charge in [0, 0.05) is 51.2 Å². The summed E-state index contributed by atoms with van der Waals surface area (Å²) in [4.78, 5) is 44.7. The number of alkyl halides is 4. The van der Waals surface area contributed by atoms with Gasteiger partial charge in [-0.3, -0.25) is 14.8 Å². The number of methoxy groups -OCH3 is 1. The highest BCUT2D eigenvalue weighted by molar-refractivity contribution is 6.02. The molecule has 2 aromatic heterocycles. The first-order valence-corrected chi connectivity index (χ1v) is 20.5. The maximum Gasteiger partial charge on any atom is 0.415 e. The quantitative estimate of drug-likeness (QED) is 0.210. The first kappa shape index (κ1) is 41.2. The van der Waals surface area contributed by atoms with E-state index in [1.807, 2.05) is 4.90 Å². The molecule has 0 radical (unpaired) electrons. The summed E-state index contributed by atoms with van der Waals surface area (Å²) in [6, 6.07) is 5.02. The van der Waals surface area contributed by atoms with Crippen molar-refractivity contribution in [1.29, 1.82) is 0 Å². The van der Waals surface area contributed by atoms with Crippen LogP contribution in [0.4, 0.5) is 41.7 Å². The molecule has 5 atom stereocenters. The number of aromatic nitrogens is 3. The number of pyridine rings is 1. The topological polar surface area (TPSA) is 131 Å². The lowest BCUT2D eigenvalue weighted by Crippen LogP contribution is -2.60. The van der Waals surface area contributed by atoms with Gasteiger partial charge in [0.2, 0.25) is 0 Å². The van der Waals surface area contributed by atoms with Gasteiger partial charge in [-0.15, -0.1) is 0 Å². The number of ether oxygens (including phenoxy) is 4. The SMILES string of the molecule is COC1CN(C(=O)Oc2cc3c4c(c(F)ccc4c2)CCCOC(=O)N[C@]2(C)C[C@@H](F)CN(C2)c2nc(OC[C@@]45CCCN4C[C@H](F)C5)nc4c(F)c-3ncc24)CC(F)(F)C1. The van der Waals surface area contributed by atoms with E-state index in [1.165, 1.54) is 37.6 Å². The predicted molar refractivity (Wildman–Crippen MR) is 210 cm³/mol.